The third kappa shape index (κ3) is 4.62. The van der Waals surface area contributed by atoms with Gasteiger partial charge in [0.25, 0.3) is 5.91 Å². The van der Waals surface area contributed by atoms with Gasteiger partial charge < -0.3 is 15.4 Å². The molecule has 0 aliphatic carbocycles. The SMILES string of the molecule is O=C1CCC(c2ccc(N3CC(CNC(=O)C(Cl)Cl)OC3=O)cc2F)CN1. The minimum absolute atomic E-state index is 0.0316. The van der Waals surface area contributed by atoms with Gasteiger partial charge in [0.2, 0.25) is 5.91 Å². The number of nitrogens with zero attached hydrogens (tertiary/aromatic N) is 1. The maximum absolute atomic E-state index is 14.6. The summed E-state index contributed by atoms with van der Waals surface area (Å²) in [6, 6.07) is 4.55. The molecule has 3 rings (SSSR count). The van der Waals surface area contributed by atoms with Crippen molar-refractivity contribution in [3.63, 3.8) is 0 Å². The van der Waals surface area contributed by atoms with Crippen LogP contribution in [0.5, 0.6) is 0 Å². The predicted octanol–water partition coefficient (Wildman–Crippen LogP) is 2.06. The summed E-state index contributed by atoms with van der Waals surface area (Å²) < 4.78 is 19.7. The zero-order valence-electron chi connectivity index (χ0n) is 14.2. The molecule has 0 saturated carbocycles. The van der Waals surface area contributed by atoms with Crippen LogP contribution in [0.15, 0.2) is 18.2 Å². The van der Waals surface area contributed by atoms with E-state index in [1.807, 2.05) is 0 Å². The second kappa shape index (κ2) is 8.31. The first kappa shape index (κ1) is 19.7. The lowest BCUT2D eigenvalue weighted by atomic mass is 9.91. The Labute approximate surface area is 165 Å². The Morgan fingerprint density at radius 2 is 2.19 bits per heavy atom. The van der Waals surface area contributed by atoms with Crippen LogP contribution in [0.3, 0.4) is 0 Å². The van der Waals surface area contributed by atoms with E-state index in [1.165, 1.54) is 11.0 Å². The van der Waals surface area contributed by atoms with Crippen LogP contribution in [0, 0.1) is 5.82 Å². The Morgan fingerprint density at radius 1 is 1.41 bits per heavy atom. The number of hydrogen-bond acceptors (Lipinski definition) is 4. The number of piperidine rings is 1. The highest BCUT2D eigenvalue weighted by molar-refractivity contribution is 6.53. The molecule has 27 heavy (non-hydrogen) atoms. The van der Waals surface area contributed by atoms with E-state index in [4.69, 9.17) is 27.9 Å². The summed E-state index contributed by atoms with van der Waals surface area (Å²) in [5.74, 6) is -1.15. The fourth-order valence-corrected chi connectivity index (χ4v) is 3.30. The van der Waals surface area contributed by atoms with Crippen molar-refractivity contribution in [3.8, 4) is 0 Å². The largest absolute Gasteiger partial charge is 0.442 e. The molecule has 2 unspecified atom stereocenters. The lowest BCUT2D eigenvalue weighted by Crippen LogP contribution is -2.37. The number of carbonyl (C=O) groups is 3. The first-order chi connectivity index (χ1) is 12.8. The summed E-state index contributed by atoms with van der Waals surface area (Å²) in [7, 11) is 0. The van der Waals surface area contributed by atoms with Crippen molar-refractivity contribution in [3.05, 3.63) is 29.6 Å². The third-order valence-electron chi connectivity index (χ3n) is 4.58. The van der Waals surface area contributed by atoms with Crippen LogP contribution in [-0.2, 0) is 14.3 Å². The van der Waals surface area contributed by atoms with Gasteiger partial charge in [-0.05, 0) is 24.1 Å². The minimum Gasteiger partial charge on any atom is -0.442 e. The molecule has 2 saturated heterocycles. The number of ether oxygens (including phenoxy) is 1. The van der Waals surface area contributed by atoms with Gasteiger partial charge in [-0.25, -0.2) is 9.18 Å². The smallest absolute Gasteiger partial charge is 0.414 e. The van der Waals surface area contributed by atoms with Crippen LogP contribution in [0.25, 0.3) is 0 Å². The van der Waals surface area contributed by atoms with Gasteiger partial charge in [0.15, 0.2) is 4.84 Å². The summed E-state index contributed by atoms with van der Waals surface area (Å²) in [5.41, 5.74) is 0.868. The van der Waals surface area contributed by atoms with Gasteiger partial charge in [-0.1, -0.05) is 29.3 Å². The predicted molar refractivity (Wildman–Crippen MR) is 97.5 cm³/mol. The molecule has 2 N–H and O–H groups in total. The number of carbonyl (C=O) groups excluding carboxylic acids is 3. The van der Waals surface area contributed by atoms with Gasteiger partial charge in [-0.15, -0.1) is 0 Å². The summed E-state index contributed by atoms with van der Waals surface area (Å²) in [4.78, 5) is 34.8. The van der Waals surface area contributed by atoms with Crippen molar-refractivity contribution >= 4 is 46.8 Å². The molecule has 0 spiro atoms. The average molecular weight is 418 g/mol. The van der Waals surface area contributed by atoms with Crippen LogP contribution in [0.2, 0.25) is 0 Å². The number of hydrogen-bond donors (Lipinski definition) is 2. The van der Waals surface area contributed by atoms with E-state index in [2.05, 4.69) is 10.6 Å². The van der Waals surface area contributed by atoms with Gasteiger partial charge >= 0.3 is 6.09 Å². The van der Waals surface area contributed by atoms with E-state index < -0.39 is 28.8 Å². The number of alkyl halides is 2. The second-order valence-electron chi connectivity index (χ2n) is 6.41. The Balaban J connectivity index is 1.64. The number of rotatable bonds is 5. The number of cyclic esters (lactones) is 1. The average Bonchev–Trinajstić information content (AvgIpc) is 3.01. The first-order valence-corrected chi connectivity index (χ1v) is 9.32. The molecule has 1 aromatic rings. The quantitative estimate of drug-likeness (QED) is 0.717. The topological polar surface area (TPSA) is 87.7 Å². The molecule has 146 valence electrons. The lowest BCUT2D eigenvalue weighted by Gasteiger charge is -2.24. The standard InChI is InChI=1S/C17H18Cl2FN3O4/c18-15(19)16(25)22-7-11-8-23(17(26)27-11)10-2-3-12(13(20)5-10)9-1-4-14(24)21-6-9/h2-3,5,9,11,15H,1,4,6-8H2,(H,21,24)(H,22,25). The monoisotopic (exact) mass is 417 g/mol. The van der Waals surface area contributed by atoms with E-state index in [0.29, 0.717) is 30.6 Å². The van der Waals surface area contributed by atoms with E-state index in [1.54, 1.807) is 12.1 Å². The van der Waals surface area contributed by atoms with Crippen LogP contribution in [0.1, 0.15) is 24.3 Å². The third-order valence-corrected chi connectivity index (χ3v) is 4.97. The number of halogens is 3. The fourth-order valence-electron chi connectivity index (χ4n) is 3.14. The molecule has 2 fully saturated rings. The van der Waals surface area contributed by atoms with Crippen LogP contribution in [-0.4, -0.2) is 48.5 Å². The van der Waals surface area contributed by atoms with E-state index >= 15 is 0 Å². The van der Waals surface area contributed by atoms with Crippen molar-refractivity contribution < 1.29 is 23.5 Å². The van der Waals surface area contributed by atoms with Gasteiger partial charge in [0.05, 0.1) is 18.8 Å². The van der Waals surface area contributed by atoms with Crippen molar-refractivity contribution in [2.45, 2.75) is 29.7 Å². The summed E-state index contributed by atoms with van der Waals surface area (Å²) >= 11 is 10.9. The molecule has 2 aliphatic heterocycles. The number of anilines is 1. The van der Waals surface area contributed by atoms with E-state index in [-0.39, 0.29) is 24.9 Å². The van der Waals surface area contributed by atoms with Gasteiger partial charge in [-0.2, -0.15) is 0 Å². The lowest BCUT2D eigenvalue weighted by molar-refractivity contribution is -0.122. The van der Waals surface area contributed by atoms with Gasteiger partial charge in [0, 0.05) is 18.9 Å². The molecular weight excluding hydrogens is 400 g/mol. The fraction of sp³-hybridized carbons (Fsp3) is 0.471. The van der Waals surface area contributed by atoms with Crippen LogP contribution < -0.4 is 15.5 Å². The summed E-state index contributed by atoms with van der Waals surface area (Å²) in [6.45, 7) is 0.608. The van der Waals surface area contributed by atoms with Crippen molar-refractivity contribution in [2.75, 3.05) is 24.5 Å². The Bertz CT molecular complexity index is 752. The Hall–Kier alpha value is -2.06. The van der Waals surface area contributed by atoms with Crippen molar-refractivity contribution in [1.29, 1.82) is 0 Å². The second-order valence-corrected chi connectivity index (χ2v) is 7.50. The highest BCUT2D eigenvalue weighted by Gasteiger charge is 2.33. The zero-order chi connectivity index (χ0) is 19.6. The van der Waals surface area contributed by atoms with E-state index in [9.17, 15) is 18.8 Å². The number of amides is 3. The molecule has 0 aromatic heterocycles. The molecular formula is C17H18Cl2FN3O4. The number of benzene rings is 1. The summed E-state index contributed by atoms with van der Waals surface area (Å²) in [5, 5.41) is 5.20. The van der Waals surface area contributed by atoms with Crippen molar-refractivity contribution in [2.24, 2.45) is 0 Å². The number of nitrogens with one attached hydrogen (secondary N) is 2. The molecule has 2 atom stereocenters. The Morgan fingerprint density at radius 3 is 2.81 bits per heavy atom. The first-order valence-electron chi connectivity index (χ1n) is 8.45. The maximum Gasteiger partial charge on any atom is 0.414 e. The summed E-state index contributed by atoms with van der Waals surface area (Å²) in [6.07, 6.45) is -0.273. The normalized spacial score (nSPS) is 22.6. The zero-order valence-corrected chi connectivity index (χ0v) is 15.7. The van der Waals surface area contributed by atoms with Gasteiger partial charge in [0.1, 0.15) is 11.9 Å². The molecule has 2 aliphatic rings. The van der Waals surface area contributed by atoms with Crippen molar-refractivity contribution in [1.82, 2.24) is 10.6 Å². The maximum atomic E-state index is 14.6. The van der Waals surface area contributed by atoms with Gasteiger partial charge in [-0.3, -0.25) is 14.5 Å². The minimum atomic E-state index is -1.20. The molecule has 10 heteroatoms. The molecule has 0 bridgehead atoms. The molecule has 2 heterocycles. The van der Waals surface area contributed by atoms with Crippen LogP contribution >= 0.6 is 23.2 Å². The molecule has 0 radical (unpaired) electrons. The molecule has 7 nitrogen and oxygen atoms in total. The Kier molecular flexibility index (Phi) is 6.06. The molecule has 3 amide bonds. The highest BCUT2D eigenvalue weighted by atomic mass is 35.5. The highest BCUT2D eigenvalue weighted by Crippen LogP contribution is 2.30. The van der Waals surface area contributed by atoms with E-state index in [0.717, 1.165) is 0 Å². The molecule has 1 aromatic carbocycles. The van der Waals surface area contributed by atoms with Crippen LogP contribution in [0.4, 0.5) is 14.9 Å².